The Morgan fingerprint density at radius 3 is 1.17 bits per heavy atom. The molecule has 25 nitrogen and oxygen atoms in total. The number of aliphatic hydroxyl groups is 7. The molecule has 2 rings (SSSR count). The van der Waals surface area contributed by atoms with E-state index in [1.165, 1.54) is 0 Å². The van der Waals surface area contributed by atoms with Crippen LogP contribution in [-0.2, 0) is 89.3 Å². The van der Waals surface area contributed by atoms with Crippen LogP contribution in [-0.4, -0.2) is 143 Å². The van der Waals surface area contributed by atoms with Crippen LogP contribution in [0.2, 0.25) is 0 Å². The molecule has 0 aromatic heterocycles. The second-order valence-corrected chi connectivity index (χ2v) is 8.36. The maximum atomic E-state index is 10.7. The molecular formula is C12H16Fe2O25S3. The van der Waals surface area contributed by atoms with Crippen LogP contribution in [0.15, 0.2) is 23.0 Å². The summed E-state index contributed by atoms with van der Waals surface area (Å²) in [4.78, 5) is 24.8. The largest absolute Gasteiger partial charge is 3.00 e. The molecule has 2 radical (unpaired) electrons. The van der Waals surface area contributed by atoms with Gasteiger partial charge in [0.25, 0.3) is 0 Å². The van der Waals surface area contributed by atoms with Crippen molar-refractivity contribution >= 4 is 43.1 Å². The van der Waals surface area contributed by atoms with Gasteiger partial charge in [0.2, 0.25) is 17.3 Å². The minimum absolute atomic E-state index is 0. The fourth-order valence-corrected chi connectivity index (χ4v) is 1.73. The van der Waals surface area contributed by atoms with Crippen LogP contribution in [0.25, 0.3) is 0 Å². The van der Waals surface area contributed by atoms with Crippen LogP contribution in [0.1, 0.15) is 0 Å². The van der Waals surface area contributed by atoms with Gasteiger partial charge in [-0.25, -0.2) is 14.8 Å². The van der Waals surface area contributed by atoms with Gasteiger partial charge in [-0.05, 0) is 0 Å². The Balaban J connectivity index is -0.000000145. The van der Waals surface area contributed by atoms with Crippen molar-refractivity contribution in [2.75, 3.05) is 13.2 Å². The van der Waals surface area contributed by atoms with E-state index in [1.807, 2.05) is 0 Å². The molecule has 0 saturated heterocycles. The Kier molecular flexibility index (Phi) is 25.7. The third kappa shape index (κ3) is 26.9. The molecule has 2 heterocycles. The van der Waals surface area contributed by atoms with Crippen molar-refractivity contribution in [2.45, 2.75) is 24.4 Å². The molecule has 8 N–H and O–H groups in total. The van der Waals surface area contributed by atoms with Crippen molar-refractivity contribution < 1.29 is 152 Å². The third-order valence-electron chi connectivity index (χ3n) is 3.03. The van der Waals surface area contributed by atoms with Gasteiger partial charge in [0.15, 0.2) is 18.0 Å². The summed E-state index contributed by atoms with van der Waals surface area (Å²) in [6, 6.07) is 0. The summed E-state index contributed by atoms with van der Waals surface area (Å²) in [7, 11) is -15.5. The standard InChI is InChI=1S/C6H8O7.C6H8O6.2Fe.3H2O4S/c7-1-2(8)4-5(13-11)3(9)6(10)12-4;7-1-2(8)5-3(9)4(10)6(11)12-5;;;3*1-5(2,3)4/h2,4,7-9,11H,1H2;2,5,7-10H,1H2;;;3*(H2,1,2,3,4)/q;;2*+3;;;/p-6/t2-,4+;2-,5+;;;;;/m00...../s1. The smallest absolute Gasteiger partial charge is 0.759 e. The number of aliphatic hydroxyl groups excluding tert-OH is 7. The normalized spacial score (nSPS) is 19.1. The van der Waals surface area contributed by atoms with Gasteiger partial charge >= 0.3 is 46.1 Å². The van der Waals surface area contributed by atoms with Crippen molar-refractivity contribution in [3.8, 4) is 0 Å². The second kappa shape index (κ2) is 21.7. The number of hydrogen-bond acceptors (Lipinski definition) is 25. The topological polar surface area (TPSA) is 464 Å². The van der Waals surface area contributed by atoms with Gasteiger partial charge in [-0.3, -0.25) is 25.3 Å². The first-order chi connectivity index (χ1) is 17.7. The van der Waals surface area contributed by atoms with E-state index in [0.29, 0.717) is 0 Å². The molecule has 42 heavy (non-hydrogen) atoms. The van der Waals surface area contributed by atoms with Gasteiger partial charge in [-0.2, -0.15) is 0 Å². The van der Waals surface area contributed by atoms with Gasteiger partial charge in [0.05, 0.1) is 13.2 Å². The summed E-state index contributed by atoms with van der Waals surface area (Å²) >= 11 is 0. The van der Waals surface area contributed by atoms with E-state index in [1.54, 1.807) is 0 Å². The van der Waals surface area contributed by atoms with Gasteiger partial charge in [-0.15, -0.1) is 0 Å². The van der Waals surface area contributed by atoms with Crippen molar-refractivity contribution in [2.24, 2.45) is 0 Å². The van der Waals surface area contributed by atoms with Crippen LogP contribution in [0.5, 0.6) is 0 Å². The predicted octanol–water partition coefficient (Wildman–Crippen LogP) is -6.90. The van der Waals surface area contributed by atoms with E-state index in [9.17, 15) is 9.59 Å². The van der Waals surface area contributed by atoms with Gasteiger partial charge in [-0.1, -0.05) is 0 Å². The molecule has 2 aliphatic rings. The number of cyclic esters (lactones) is 2. The summed E-state index contributed by atoms with van der Waals surface area (Å²) in [6.07, 6.45) is -5.60. The molecular weight excluding hydrogens is 752 g/mol. The Morgan fingerprint density at radius 1 is 0.667 bits per heavy atom. The van der Waals surface area contributed by atoms with Crippen molar-refractivity contribution in [1.82, 2.24) is 0 Å². The van der Waals surface area contributed by atoms with Crippen LogP contribution in [0.4, 0.5) is 0 Å². The van der Waals surface area contributed by atoms with Crippen LogP contribution >= 0.6 is 0 Å². The molecule has 2 aliphatic heterocycles. The summed E-state index contributed by atoms with van der Waals surface area (Å²) < 4.78 is 111. The Morgan fingerprint density at radius 2 is 0.929 bits per heavy atom. The molecule has 30 heteroatoms. The van der Waals surface area contributed by atoms with E-state index in [0.717, 1.165) is 0 Å². The molecule has 248 valence electrons. The fraction of sp³-hybridized carbons (Fsp3) is 0.500. The van der Waals surface area contributed by atoms with E-state index in [4.69, 9.17) is 93.6 Å². The maximum absolute atomic E-state index is 10.7. The van der Waals surface area contributed by atoms with E-state index >= 15 is 0 Å². The molecule has 0 amide bonds. The molecule has 0 unspecified atom stereocenters. The average Bonchev–Trinajstić information content (AvgIpc) is 3.19. The number of hydrogen-bond donors (Lipinski definition) is 8. The molecule has 0 aromatic rings. The monoisotopic (exact) mass is 768 g/mol. The number of esters is 2. The zero-order chi connectivity index (χ0) is 32.8. The molecule has 0 fully saturated rings. The minimum atomic E-state index is -5.17. The van der Waals surface area contributed by atoms with E-state index in [2.05, 4.69) is 14.4 Å². The molecule has 0 aliphatic carbocycles. The van der Waals surface area contributed by atoms with Crippen LogP contribution in [0.3, 0.4) is 0 Å². The Hall–Kier alpha value is -1.93. The zero-order valence-electron chi connectivity index (χ0n) is 19.2. The third-order valence-corrected chi connectivity index (χ3v) is 3.03. The number of rotatable bonds is 5. The SMILES string of the molecule is O=C1O[C@H]([C@@H](O)CO)C(O)=C1O.O=C1O[C@H]([C@@H](O)CO)C(OO)=C1O.O=S(=O)([O-])[O-].O=S(=O)([O-])[O-].O=S(=O)([O-])[O-].[Fe+3].[Fe+3]. The number of carbonyl (C=O) groups is 2. The molecule has 0 spiro atoms. The first-order valence-corrected chi connectivity index (χ1v) is 12.6. The fourth-order valence-electron chi connectivity index (χ4n) is 1.73. The minimum Gasteiger partial charge on any atom is -0.759 e. The Bertz CT molecular complexity index is 1130. The first kappa shape index (κ1) is 49.7. The first-order valence-electron chi connectivity index (χ1n) is 8.55. The van der Waals surface area contributed by atoms with Crippen LogP contribution < -0.4 is 0 Å². The van der Waals surface area contributed by atoms with E-state index < -0.39 is 104 Å². The van der Waals surface area contributed by atoms with Crippen molar-refractivity contribution in [1.29, 1.82) is 0 Å². The van der Waals surface area contributed by atoms with Gasteiger partial charge in [0.1, 0.15) is 12.2 Å². The quantitative estimate of drug-likeness (QED) is 0.0322. The number of carbonyl (C=O) groups excluding carboxylic acids is 2. The average molecular weight is 768 g/mol. The van der Waals surface area contributed by atoms with Gasteiger partial charge in [0, 0.05) is 31.2 Å². The van der Waals surface area contributed by atoms with Crippen molar-refractivity contribution in [3.05, 3.63) is 23.0 Å². The summed E-state index contributed by atoms with van der Waals surface area (Å²) in [5.74, 6) is -5.42. The van der Waals surface area contributed by atoms with E-state index in [-0.39, 0.29) is 34.1 Å². The summed E-state index contributed by atoms with van der Waals surface area (Å²) in [5, 5.41) is 69.7. The summed E-state index contributed by atoms with van der Waals surface area (Å²) in [6.45, 7) is -1.37. The van der Waals surface area contributed by atoms with Crippen LogP contribution in [0, 0.1) is 0 Å². The zero-order valence-corrected chi connectivity index (χ0v) is 23.8. The number of ether oxygens (including phenoxy) is 2. The van der Waals surface area contributed by atoms with Gasteiger partial charge < -0.3 is 77.4 Å². The second-order valence-electron chi connectivity index (χ2n) is 5.91. The summed E-state index contributed by atoms with van der Waals surface area (Å²) in [5.41, 5.74) is 0. The molecule has 0 aromatic carbocycles. The van der Waals surface area contributed by atoms with Crippen molar-refractivity contribution in [3.63, 3.8) is 0 Å². The predicted molar refractivity (Wildman–Crippen MR) is 103 cm³/mol. The maximum Gasteiger partial charge on any atom is 3.00 e. The molecule has 4 atom stereocenters. The Labute approximate surface area is 254 Å². The molecule has 0 bridgehead atoms. The molecule has 0 saturated carbocycles.